The monoisotopic (exact) mass is 320 g/mol. The van der Waals surface area contributed by atoms with E-state index in [-0.39, 0.29) is 0 Å². The Morgan fingerprint density at radius 2 is 1.48 bits per heavy atom. The van der Waals surface area contributed by atoms with E-state index in [1.54, 1.807) is 0 Å². The van der Waals surface area contributed by atoms with Gasteiger partial charge < -0.3 is 9.47 Å². The zero-order valence-corrected chi connectivity index (χ0v) is 15.6. The Kier molecular flexibility index (Phi) is 4.08. The van der Waals surface area contributed by atoms with Crippen LogP contribution in [0.3, 0.4) is 0 Å². The van der Waals surface area contributed by atoms with Crippen LogP contribution in [0.15, 0.2) is 0 Å². The summed E-state index contributed by atoms with van der Waals surface area (Å²) in [6, 6.07) is 0. The zero-order valence-electron chi connectivity index (χ0n) is 15.6. The van der Waals surface area contributed by atoms with Crippen LogP contribution in [0.25, 0.3) is 0 Å². The molecule has 4 aliphatic rings. The van der Waals surface area contributed by atoms with Crippen molar-refractivity contribution in [2.45, 2.75) is 83.8 Å². The molecule has 3 unspecified atom stereocenters. The number of hydrogen-bond acceptors (Lipinski definition) is 2. The topological polar surface area (TPSA) is 18.5 Å². The molecule has 0 amide bonds. The molecule has 0 spiro atoms. The van der Waals surface area contributed by atoms with Gasteiger partial charge in [-0.3, -0.25) is 0 Å². The van der Waals surface area contributed by atoms with Gasteiger partial charge in [0.2, 0.25) is 0 Å². The largest absolute Gasteiger partial charge is 0.381 e. The van der Waals surface area contributed by atoms with E-state index in [2.05, 4.69) is 13.8 Å². The molecule has 0 aromatic carbocycles. The van der Waals surface area contributed by atoms with Crippen molar-refractivity contribution in [3.8, 4) is 0 Å². The lowest BCUT2D eigenvalue weighted by Crippen LogP contribution is -2.54. The van der Waals surface area contributed by atoms with Gasteiger partial charge in [0.05, 0.1) is 12.2 Å². The average molecular weight is 321 g/mol. The van der Waals surface area contributed by atoms with Gasteiger partial charge in [0, 0.05) is 14.2 Å². The van der Waals surface area contributed by atoms with Gasteiger partial charge in [-0.1, -0.05) is 13.8 Å². The summed E-state index contributed by atoms with van der Waals surface area (Å²) in [7, 11) is 3.85. The molecular weight excluding hydrogens is 284 g/mol. The first-order valence-electron chi connectivity index (χ1n) is 10.1. The SMILES string of the molecule is COC1CC[C@@]2(C)C(CC[C@@H]3[C@H]2CC[C@]2(C)C(OC)CC[C@@H]32)C1. The first-order chi connectivity index (χ1) is 11.0. The summed E-state index contributed by atoms with van der Waals surface area (Å²) in [5, 5.41) is 0. The summed E-state index contributed by atoms with van der Waals surface area (Å²) in [5.74, 6) is 3.76. The summed E-state index contributed by atoms with van der Waals surface area (Å²) in [4.78, 5) is 0. The Labute approximate surface area is 142 Å². The molecule has 0 aliphatic heterocycles. The highest BCUT2D eigenvalue weighted by molar-refractivity contribution is 5.09. The second-order valence-corrected chi connectivity index (χ2v) is 9.64. The molecule has 2 nitrogen and oxygen atoms in total. The Morgan fingerprint density at radius 1 is 0.739 bits per heavy atom. The smallest absolute Gasteiger partial charge is 0.0627 e. The second-order valence-electron chi connectivity index (χ2n) is 9.64. The van der Waals surface area contributed by atoms with Crippen molar-refractivity contribution < 1.29 is 9.47 Å². The number of methoxy groups -OCH3 is 2. The lowest BCUT2D eigenvalue weighted by molar-refractivity contribution is -0.140. The molecule has 0 saturated heterocycles. The number of ether oxygens (including phenoxy) is 2. The predicted molar refractivity (Wildman–Crippen MR) is 93.3 cm³/mol. The van der Waals surface area contributed by atoms with Crippen LogP contribution >= 0.6 is 0 Å². The van der Waals surface area contributed by atoms with E-state index >= 15 is 0 Å². The summed E-state index contributed by atoms with van der Waals surface area (Å²) in [5.41, 5.74) is 1.05. The van der Waals surface area contributed by atoms with Crippen LogP contribution in [0.2, 0.25) is 0 Å². The van der Waals surface area contributed by atoms with Crippen LogP contribution in [0.1, 0.15) is 71.6 Å². The zero-order chi connectivity index (χ0) is 16.2. The molecule has 0 radical (unpaired) electrons. The Bertz CT molecular complexity index is 449. The molecule has 2 heteroatoms. The minimum atomic E-state index is 0.461. The fourth-order valence-corrected chi connectivity index (χ4v) is 7.77. The van der Waals surface area contributed by atoms with Crippen LogP contribution in [0, 0.1) is 34.5 Å². The number of fused-ring (bicyclic) bond motifs is 5. The molecule has 8 atom stereocenters. The Morgan fingerprint density at radius 3 is 2.22 bits per heavy atom. The summed E-state index contributed by atoms with van der Waals surface area (Å²) in [6.07, 6.45) is 13.5. The highest BCUT2D eigenvalue weighted by Gasteiger charge is 2.60. The number of hydrogen-bond donors (Lipinski definition) is 0. The van der Waals surface area contributed by atoms with E-state index in [4.69, 9.17) is 9.47 Å². The molecule has 23 heavy (non-hydrogen) atoms. The van der Waals surface area contributed by atoms with Gasteiger partial charge in [-0.05, 0) is 92.3 Å². The molecule has 0 bridgehead atoms. The molecular formula is C21H36O2. The molecule has 0 N–H and O–H groups in total. The van der Waals surface area contributed by atoms with Crippen LogP contribution in [0.4, 0.5) is 0 Å². The summed E-state index contributed by atoms with van der Waals surface area (Å²) >= 11 is 0. The predicted octanol–water partition coefficient (Wildman–Crippen LogP) is 5.06. The van der Waals surface area contributed by atoms with Crippen molar-refractivity contribution in [3.05, 3.63) is 0 Å². The van der Waals surface area contributed by atoms with Crippen LogP contribution in [0.5, 0.6) is 0 Å². The van der Waals surface area contributed by atoms with Crippen LogP contribution in [-0.4, -0.2) is 26.4 Å². The highest BCUT2D eigenvalue weighted by Crippen LogP contribution is 2.66. The molecule has 132 valence electrons. The van der Waals surface area contributed by atoms with E-state index in [0.717, 1.165) is 23.7 Å². The first kappa shape index (κ1) is 16.4. The van der Waals surface area contributed by atoms with Crippen LogP contribution in [-0.2, 0) is 9.47 Å². The molecule has 4 aliphatic carbocycles. The van der Waals surface area contributed by atoms with Crippen molar-refractivity contribution in [1.29, 1.82) is 0 Å². The summed E-state index contributed by atoms with van der Waals surface area (Å²) in [6.45, 7) is 5.19. The Hall–Kier alpha value is -0.0800. The first-order valence-corrected chi connectivity index (χ1v) is 10.1. The highest BCUT2D eigenvalue weighted by atomic mass is 16.5. The maximum atomic E-state index is 5.91. The fraction of sp³-hybridized carbons (Fsp3) is 1.00. The van der Waals surface area contributed by atoms with Gasteiger partial charge in [0.1, 0.15) is 0 Å². The van der Waals surface area contributed by atoms with Crippen molar-refractivity contribution in [2.75, 3.05) is 14.2 Å². The van der Waals surface area contributed by atoms with Gasteiger partial charge >= 0.3 is 0 Å². The molecule has 4 rings (SSSR count). The van der Waals surface area contributed by atoms with Crippen LogP contribution < -0.4 is 0 Å². The van der Waals surface area contributed by atoms with E-state index < -0.39 is 0 Å². The van der Waals surface area contributed by atoms with Gasteiger partial charge in [-0.2, -0.15) is 0 Å². The number of rotatable bonds is 2. The van der Waals surface area contributed by atoms with Gasteiger partial charge in [0.25, 0.3) is 0 Å². The minimum absolute atomic E-state index is 0.461. The van der Waals surface area contributed by atoms with Gasteiger partial charge in [-0.25, -0.2) is 0 Å². The lowest BCUT2D eigenvalue weighted by Gasteiger charge is -2.61. The van der Waals surface area contributed by atoms with E-state index in [1.807, 2.05) is 14.2 Å². The third-order valence-electron chi connectivity index (χ3n) is 9.15. The fourth-order valence-electron chi connectivity index (χ4n) is 7.77. The average Bonchev–Trinajstić information content (AvgIpc) is 2.90. The molecule has 4 saturated carbocycles. The maximum Gasteiger partial charge on any atom is 0.0627 e. The van der Waals surface area contributed by atoms with Crippen molar-refractivity contribution >= 4 is 0 Å². The maximum absolute atomic E-state index is 5.91. The quantitative estimate of drug-likeness (QED) is 0.708. The molecule has 0 aromatic heterocycles. The van der Waals surface area contributed by atoms with E-state index in [9.17, 15) is 0 Å². The van der Waals surface area contributed by atoms with Crippen molar-refractivity contribution in [2.24, 2.45) is 34.5 Å². The molecule has 4 fully saturated rings. The third-order valence-corrected chi connectivity index (χ3v) is 9.15. The minimum Gasteiger partial charge on any atom is -0.381 e. The van der Waals surface area contributed by atoms with Gasteiger partial charge in [-0.15, -0.1) is 0 Å². The second kappa shape index (κ2) is 5.73. The van der Waals surface area contributed by atoms with Crippen molar-refractivity contribution in [3.63, 3.8) is 0 Å². The molecule has 0 aromatic rings. The van der Waals surface area contributed by atoms with E-state index in [1.165, 1.54) is 57.8 Å². The Balaban J connectivity index is 1.58. The van der Waals surface area contributed by atoms with Crippen molar-refractivity contribution in [1.82, 2.24) is 0 Å². The van der Waals surface area contributed by atoms with E-state index in [0.29, 0.717) is 23.0 Å². The normalized spacial score (nSPS) is 55.8. The molecule has 0 heterocycles. The van der Waals surface area contributed by atoms with Gasteiger partial charge in [0.15, 0.2) is 0 Å². The lowest BCUT2D eigenvalue weighted by atomic mass is 9.45. The summed E-state index contributed by atoms with van der Waals surface area (Å²) < 4.78 is 11.6. The standard InChI is InChI=1S/C21H36O2/c1-20-11-9-15(22-3)13-14(20)5-6-16-17-7-8-19(23-4)21(17,2)12-10-18(16)20/h14-19H,5-13H2,1-4H3/t14?,15?,16-,17-,18+,19?,20-,21-/m0/s1. The third kappa shape index (κ3) is 2.27.